The van der Waals surface area contributed by atoms with E-state index in [4.69, 9.17) is 11.2 Å². The molecule has 1 aliphatic rings. The number of nitrogens with one attached hydrogen (secondary N) is 2. The van der Waals surface area contributed by atoms with Crippen molar-refractivity contribution in [1.29, 1.82) is 0 Å². The van der Waals surface area contributed by atoms with E-state index < -0.39 is 15.1 Å². The average Bonchev–Trinajstić information content (AvgIpc) is 3.26. The van der Waals surface area contributed by atoms with Crippen molar-refractivity contribution in [2.75, 3.05) is 19.7 Å². The smallest absolute Gasteiger partial charge is 0.333 e. The van der Waals surface area contributed by atoms with Gasteiger partial charge in [-0.1, -0.05) is 25.8 Å². The Hall–Kier alpha value is -4.20. The highest BCUT2D eigenvalue weighted by Gasteiger charge is 2.27. The highest BCUT2D eigenvalue weighted by Crippen LogP contribution is 2.38. The van der Waals surface area contributed by atoms with Crippen molar-refractivity contribution in [1.82, 2.24) is 19.9 Å². The normalized spacial score (nSPS) is 14.2. The van der Waals surface area contributed by atoms with Gasteiger partial charge in [0.1, 0.15) is 16.3 Å². The highest BCUT2D eigenvalue weighted by atomic mass is 32.3. The molecule has 39 heavy (non-hydrogen) atoms. The number of halogens is 1. The standard InChI is InChI=1S/C29H25FN4O4S/c1-4-17-5-6-21-24(7-17)33-29-27(21)28(35)23-10-26(38-15-16(2)3)22(9-25(23)34(29)19-12-32-13-19)18-8-20(14-31-11-18)39(30,36)37/h1,5-11,14,16,19,32-33H,12-13,15H2,2-3H3. The SMILES string of the molecule is C#Cc1ccc2c(c1)[nH]c1c2c(=O)c2cc(OCC(C)C)c(-c3cncc(S(=O)(=O)F)c3)cc2n1C1CNC1. The maximum absolute atomic E-state index is 14.0. The fourth-order valence-electron chi connectivity index (χ4n) is 5.02. The van der Waals surface area contributed by atoms with Crippen molar-refractivity contribution in [3.05, 3.63) is 64.6 Å². The summed E-state index contributed by atoms with van der Waals surface area (Å²) in [6.07, 6.45) is 8.03. The third kappa shape index (κ3) is 4.24. The van der Waals surface area contributed by atoms with Gasteiger partial charge in [0.15, 0.2) is 5.43 Å². The van der Waals surface area contributed by atoms with Crippen molar-refractivity contribution in [2.45, 2.75) is 24.8 Å². The fourth-order valence-corrected chi connectivity index (χ4v) is 5.48. The van der Waals surface area contributed by atoms with Crippen molar-refractivity contribution < 1.29 is 17.0 Å². The van der Waals surface area contributed by atoms with Crippen LogP contribution < -0.4 is 15.5 Å². The molecule has 0 amide bonds. The number of hydrogen-bond acceptors (Lipinski definition) is 6. The quantitative estimate of drug-likeness (QED) is 0.241. The van der Waals surface area contributed by atoms with E-state index in [9.17, 15) is 17.1 Å². The van der Waals surface area contributed by atoms with Gasteiger partial charge >= 0.3 is 10.2 Å². The number of benzene rings is 2. The van der Waals surface area contributed by atoms with Crippen LogP contribution in [0.2, 0.25) is 0 Å². The third-order valence-electron chi connectivity index (χ3n) is 7.02. The van der Waals surface area contributed by atoms with E-state index in [2.05, 4.69) is 25.8 Å². The lowest BCUT2D eigenvalue weighted by Crippen LogP contribution is -2.44. The minimum absolute atomic E-state index is 0.0572. The monoisotopic (exact) mass is 544 g/mol. The summed E-state index contributed by atoms with van der Waals surface area (Å²) in [4.78, 5) is 20.9. The molecule has 0 saturated carbocycles. The van der Waals surface area contributed by atoms with Gasteiger partial charge in [-0.2, -0.15) is 8.42 Å². The Morgan fingerprint density at radius 3 is 2.64 bits per heavy atom. The molecule has 0 unspecified atom stereocenters. The molecule has 3 aromatic heterocycles. The third-order valence-corrected chi connectivity index (χ3v) is 7.80. The summed E-state index contributed by atoms with van der Waals surface area (Å²) >= 11 is 0. The molecular weight excluding hydrogens is 519 g/mol. The Labute approximate surface area is 224 Å². The molecule has 1 aliphatic heterocycles. The Morgan fingerprint density at radius 2 is 1.97 bits per heavy atom. The molecule has 1 saturated heterocycles. The minimum atomic E-state index is -4.97. The number of pyridine rings is 2. The number of terminal acetylenes is 1. The van der Waals surface area contributed by atoms with Gasteiger partial charge in [-0.25, -0.2) is 0 Å². The van der Waals surface area contributed by atoms with E-state index in [1.165, 1.54) is 12.3 Å². The lowest BCUT2D eigenvalue weighted by molar-refractivity contribution is 0.272. The molecule has 0 bridgehead atoms. The molecule has 198 valence electrons. The van der Waals surface area contributed by atoms with Gasteiger partial charge in [0, 0.05) is 53.1 Å². The van der Waals surface area contributed by atoms with E-state index in [0.717, 1.165) is 17.1 Å². The molecule has 10 heteroatoms. The topological polar surface area (TPSA) is 106 Å². The van der Waals surface area contributed by atoms with Crippen molar-refractivity contribution in [3.8, 4) is 29.2 Å². The molecule has 2 N–H and O–H groups in total. The second-order valence-corrected chi connectivity index (χ2v) is 11.5. The van der Waals surface area contributed by atoms with Crippen LogP contribution in [-0.2, 0) is 10.2 Å². The first-order valence-corrected chi connectivity index (χ1v) is 13.9. The molecule has 1 fully saturated rings. The largest absolute Gasteiger partial charge is 0.493 e. The van der Waals surface area contributed by atoms with E-state index in [1.54, 1.807) is 12.1 Å². The number of hydrogen-bond donors (Lipinski definition) is 2. The van der Waals surface area contributed by atoms with Crippen molar-refractivity contribution >= 4 is 43.1 Å². The first-order chi connectivity index (χ1) is 18.7. The van der Waals surface area contributed by atoms with Crippen LogP contribution in [0.1, 0.15) is 25.5 Å². The van der Waals surface area contributed by atoms with Crippen LogP contribution in [0.15, 0.2) is 58.5 Å². The molecule has 2 aromatic carbocycles. The average molecular weight is 545 g/mol. The molecule has 0 radical (unpaired) electrons. The maximum atomic E-state index is 14.0. The molecule has 4 heterocycles. The summed E-state index contributed by atoms with van der Waals surface area (Å²) < 4.78 is 45.4. The van der Waals surface area contributed by atoms with Crippen LogP contribution in [0, 0.1) is 18.3 Å². The van der Waals surface area contributed by atoms with Crippen LogP contribution in [0.3, 0.4) is 0 Å². The van der Waals surface area contributed by atoms with E-state index in [-0.39, 0.29) is 17.4 Å². The summed E-state index contributed by atoms with van der Waals surface area (Å²) in [7, 11) is -4.97. The van der Waals surface area contributed by atoms with Gasteiger partial charge in [0.25, 0.3) is 0 Å². The van der Waals surface area contributed by atoms with Crippen LogP contribution in [0.5, 0.6) is 5.75 Å². The fraction of sp³-hybridized carbons (Fsp3) is 0.241. The number of rotatable bonds is 6. The molecule has 0 aliphatic carbocycles. The van der Waals surface area contributed by atoms with Gasteiger partial charge in [0.2, 0.25) is 0 Å². The van der Waals surface area contributed by atoms with Crippen molar-refractivity contribution in [2.24, 2.45) is 5.92 Å². The number of aromatic nitrogens is 3. The predicted octanol–water partition coefficient (Wildman–Crippen LogP) is 4.52. The van der Waals surface area contributed by atoms with Crippen LogP contribution in [0.25, 0.3) is 44.0 Å². The molecule has 5 aromatic rings. The zero-order chi connectivity index (χ0) is 27.5. The Kier molecular flexibility index (Phi) is 5.93. The van der Waals surface area contributed by atoms with Crippen LogP contribution in [0.4, 0.5) is 3.89 Å². The first-order valence-electron chi connectivity index (χ1n) is 12.5. The maximum Gasteiger partial charge on any atom is 0.333 e. The number of aromatic amines is 1. The van der Waals surface area contributed by atoms with Crippen LogP contribution >= 0.6 is 0 Å². The van der Waals surface area contributed by atoms with Gasteiger partial charge in [-0.3, -0.25) is 9.78 Å². The van der Waals surface area contributed by atoms with Gasteiger partial charge < -0.3 is 19.6 Å². The number of H-pyrrole nitrogens is 1. The molecular formula is C29H25FN4O4S. The summed E-state index contributed by atoms with van der Waals surface area (Å²) in [6, 6.07) is 10.3. The molecule has 6 rings (SSSR count). The second kappa shape index (κ2) is 9.22. The lowest BCUT2D eigenvalue weighted by atomic mass is 10.0. The van der Waals surface area contributed by atoms with E-state index in [1.807, 2.05) is 32.0 Å². The van der Waals surface area contributed by atoms with Gasteiger partial charge in [0.05, 0.1) is 28.9 Å². The number of ether oxygens (including phenoxy) is 1. The Morgan fingerprint density at radius 1 is 1.18 bits per heavy atom. The van der Waals surface area contributed by atoms with E-state index in [0.29, 0.717) is 64.1 Å². The molecule has 0 spiro atoms. The van der Waals surface area contributed by atoms with Gasteiger partial charge in [-0.05, 0) is 36.2 Å². The van der Waals surface area contributed by atoms with Crippen LogP contribution in [-0.4, -0.2) is 42.6 Å². The highest BCUT2D eigenvalue weighted by molar-refractivity contribution is 7.86. The number of nitrogens with zero attached hydrogens (tertiary/aromatic N) is 2. The van der Waals surface area contributed by atoms with Crippen molar-refractivity contribution in [3.63, 3.8) is 0 Å². The Bertz CT molecular complexity index is 2000. The Balaban J connectivity index is 1.72. The summed E-state index contributed by atoms with van der Waals surface area (Å²) in [5.41, 5.74) is 3.47. The zero-order valence-corrected chi connectivity index (χ0v) is 22.1. The van der Waals surface area contributed by atoms with Gasteiger partial charge in [-0.15, -0.1) is 10.3 Å². The van der Waals surface area contributed by atoms with E-state index >= 15 is 0 Å². The number of fused-ring (bicyclic) bond motifs is 4. The minimum Gasteiger partial charge on any atom is -0.493 e. The summed E-state index contributed by atoms with van der Waals surface area (Å²) in [5.74, 6) is 3.20. The first kappa shape index (κ1) is 25.1. The second-order valence-electron chi connectivity index (χ2n) is 10.2. The predicted molar refractivity (Wildman–Crippen MR) is 149 cm³/mol. The molecule has 0 atom stereocenters. The zero-order valence-electron chi connectivity index (χ0n) is 21.3. The molecule has 8 nitrogen and oxygen atoms in total. The lowest BCUT2D eigenvalue weighted by Gasteiger charge is -2.32. The summed E-state index contributed by atoms with van der Waals surface area (Å²) in [5, 5.41) is 5.08. The summed E-state index contributed by atoms with van der Waals surface area (Å²) in [6.45, 7) is 5.76.